The van der Waals surface area contributed by atoms with Crippen LogP contribution in [0.2, 0.25) is 0 Å². The van der Waals surface area contributed by atoms with Crippen LogP contribution in [0.5, 0.6) is 5.75 Å². The third-order valence-electron chi connectivity index (χ3n) is 3.57. The van der Waals surface area contributed by atoms with Crippen LogP contribution in [0.3, 0.4) is 0 Å². The van der Waals surface area contributed by atoms with Crippen molar-refractivity contribution in [3.63, 3.8) is 0 Å². The Morgan fingerprint density at radius 1 is 1.21 bits per heavy atom. The first-order chi connectivity index (χ1) is 13.2. The first-order valence-electron chi connectivity index (χ1n) is 8.89. The highest BCUT2D eigenvalue weighted by atomic mass is 32.2. The van der Waals surface area contributed by atoms with E-state index in [1.165, 1.54) is 0 Å². The monoisotopic (exact) mass is 416 g/mol. The van der Waals surface area contributed by atoms with Crippen LogP contribution in [0.25, 0.3) is 0 Å². The fourth-order valence-electron chi connectivity index (χ4n) is 2.18. The van der Waals surface area contributed by atoms with Crippen molar-refractivity contribution < 1.29 is 27.9 Å². The number of hydrogen-bond acceptors (Lipinski definition) is 6. The number of rotatable bonds is 14. The summed E-state index contributed by atoms with van der Waals surface area (Å²) in [6, 6.07) is 5.55. The molecule has 0 aliphatic carbocycles. The van der Waals surface area contributed by atoms with Gasteiger partial charge in [-0.05, 0) is 35.7 Å². The van der Waals surface area contributed by atoms with Crippen molar-refractivity contribution in [3.05, 3.63) is 29.8 Å². The van der Waals surface area contributed by atoms with E-state index in [0.29, 0.717) is 43.8 Å². The Labute approximate surface area is 164 Å². The molecule has 28 heavy (non-hydrogen) atoms. The topological polar surface area (TPSA) is 166 Å². The van der Waals surface area contributed by atoms with E-state index in [0.717, 1.165) is 0 Å². The molecule has 1 aromatic carbocycles. The Hall–Kier alpha value is -2.53. The number of ether oxygens (including phenoxy) is 1. The number of guanidine groups is 1. The van der Waals surface area contributed by atoms with Gasteiger partial charge in [-0.25, -0.2) is 13.1 Å². The summed E-state index contributed by atoms with van der Waals surface area (Å²) in [4.78, 5) is 16.2. The number of unbranched alkanes of at least 4 members (excludes halogenated alkanes) is 1. The van der Waals surface area contributed by atoms with E-state index in [4.69, 9.17) is 21.0 Å². The van der Waals surface area contributed by atoms with Gasteiger partial charge in [-0.2, -0.15) is 0 Å². The number of carboxylic acid groups (broad SMARTS) is 1. The van der Waals surface area contributed by atoms with Crippen molar-refractivity contribution in [1.82, 2.24) is 4.72 Å². The van der Waals surface area contributed by atoms with Crippen LogP contribution in [0.15, 0.2) is 29.4 Å². The van der Waals surface area contributed by atoms with E-state index in [1.54, 1.807) is 24.3 Å². The summed E-state index contributed by atoms with van der Waals surface area (Å²) in [5.74, 6) is -0.863. The number of nitrogens with two attached hydrogens (primary N) is 2. The lowest BCUT2D eigenvalue weighted by Gasteiger charge is -2.15. The average molecular weight is 417 g/mol. The molecule has 0 fully saturated rings. The predicted octanol–water partition coefficient (Wildman–Crippen LogP) is 0.376. The van der Waals surface area contributed by atoms with Gasteiger partial charge in [-0.15, -0.1) is 0 Å². The van der Waals surface area contributed by atoms with E-state index < -0.39 is 22.0 Å². The third-order valence-corrected chi connectivity index (χ3v) is 5.04. The standard InChI is InChI=1S/C17H28N4O6S/c1-2-3-11-28(24,25)21-15(16(22)23)12-13-5-7-14(8-6-13)26-9-4-10-27-20-17(18)19/h5-8,15,21H,2-4,9-12H2,1H3,(H,22,23)(H4,18,19,20). The molecule has 0 aliphatic heterocycles. The van der Waals surface area contributed by atoms with Crippen molar-refractivity contribution in [1.29, 1.82) is 0 Å². The quantitative estimate of drug-likeness (QED) is 0.146. The minimum absolute atomic E-state index is 0.0350. The van der Waals surface area contributed by atoms with Crippen molar-refractivity contribution in [2.75, 3.05) is 19.0 Å². The Balaban J connectivity index is 2.52. The lowest BCUT2D eigenvalue weighted by atomic mass is 10.1. The fourth-order valence-corrected chi connectivity index (χ4v) is 3.58. The fraction of sp³-hybridized carbons (Fsp3) is 0.529. The number of aliphatic carboxylic acids is 1. The molecular formula is C17H28N4O6S. The smallest absolute Gasteiger partial charge is 0.322 e. The van der Waals surface area contributed by atoms with Crippen LogP contribution in [0.4, 0.5) is 0 Å². The second-order valence-corrected chi connectivity index (χ2v) is 7.95. The Morgan fingerprint density at radius 2 is 1.89 bits per heavy atom. The molecule has 0 aliphatic rings. The van der Waals surface area contributed by atoms with Crippen LogP contribution < -0.4 is 20.9 Å². The molecule has 0 heterocycles. The van der Waals surface area contributed by atoms with Gasteiger partial charge in [-0.1, -0.05) is 25.5 Å². The van der Waals surface area contributed by atoms with E-state index in [9.17, 15) is 18.3 Å². The molecule has 0 spiro atoms. The molecule has 0 saturated heterocycles. The van der Waals surface area contributed by atoms with Gasteiger partial charge in [0.25, 0.3) is 0 Å². The van der Waals surface area contributed by atoms with E-state index in [-0.39, 0.29) is 18.1 Å². The number of nitrogens with one attached hydrogen (secondary N) is 1. The second kappa shape index (κ2) is 12.0. The molecule has 6 N–H and O–H groups in total. The summed E-state index contributed by atoms with van der Waals surface area (Å²) in [6.07, 6.45) is 1.79. The molecule has 0 aromatic heterocycles. The first kappa shape index (κ1) is 23.5. The lowest BCUT2D eigenvalue weighted by molar-refractivity contribution is -0.138. The maximum Gasteiger partial charge on any atom is 0.322 e. The van der Waals surface area contributed by atoms with E-state index in [1.807, 2.05) is 6.92 Å². The highest BCUT2D eigenvalue weighted by Crippen LogP contribution is 2.14. The van der Waals surface area contributed by atoms with Crippen molar-refractivity contribution >= 4 is 22.0 Å². The first-order valence-corrected chi connectivity index (χ1v) is 10.5. The van der Waals surface area contributed by atoms with Gasteiger partial charge >= 0.3 is 5.97 Å². The SMILES string of the molecule is CCCCS(=O)(=O)NC(Cc1ccc(OCCCON=C(N)N)cc1)C(=O)O. The van der Waals surface area contributed by atoms with Gasteiger partial charge in [0.2, 0.25) is 16.0 Å². The number of nitrogens with zero attached hydrogens (tertiary/aromatic N) is 1. The predicted molar refractivity (Wildman–Crippen MR) is 105 cm³/mol. The maximum absolute atomic E-state index is 12.0. The number of carboxylic acids is 1. The minimum atomic E-state index is -3.63. The lowest BCUT2D eigenvalue weighted by Crippen LogP contribution is -2.43. The summed E-state index contributed by atoms with van der Waals surface area (Å²) in [5.41, 5.74) is 10.9. The van der Waals surface area contributed by atoms with Gasteiger partial charge in [-0.3, -0.25) is 4.79 Å². The van der Waals surface area contributed by atoms with Crippen LogP contribution in [0, 0.1) is 0 Å². The Bertz CT molecular complexity index is 733. The van der Waals surface area contributed by atoms with Gasteiger partial charge < -0.3 is 26.1 Å². The molecule has 0 amide bonds. The summed E-state index contributed by atoms with van der Waals surface area (Å²) in [7, 11) is -3.63. The van der Waals surface area contributed by atoms with Crippen LogP contribution in [-0.2, 0) is 26.1 Å². The molecule has 158 valence electrons. The zero-order chi connectivity index (χ0) is 21.0. The van der Waals surface area contributed by atoms with Crippen LogP contribution >= 0.6 is 0 Å². The van der Waals surface area contributed by atoms with Crippen molar-refractivity contribution in [2.24, 2.45) is 16.6 Å². The number of carbonyl (C=O) groups is 1. The van der Waals surface area contributed by atoms with E-state index in [2.05, 4.69) is 9.88 Å². The van der Waals surface area contributed by atoms with Crippen LogP contribution in [0.1, 0.15) is 31.7 Å². The maximum atomic E-state index is 12.0. The molecule has 10 nitrogen and oxygen atoms in total. The molecule has 1 aromatic rings. The van der Waals surface area contributed by atoms with Gasteiger partial charge in [0.15, 0.2) is 0 Å². The Kier molecular flexibility index (Phi) is 10.1. The third kappa shape index (κ3) is 9.97. The summed E-state index contributed by atoms with van der Waals surface area (Å²) >= 11 is 0. The molecule has 0 radical (unpaired) electrons. The van der Waals surface area contributed by atoms with Crippen molar-refractivity contribution in [3.8, 4) is 5.75 Å². The Morgan fingerprint density at radius 3 is 2.46 bits per heavy atom. The normalized spacial score (nSPS) is 12.2. The molecule has 1 atom stereocenters. The molecular weight excluding hydrogens is 388 g/mol. The largest absolute Gasteiger partial charge is 0.493 e. The molecule has 11 heteroatoms. The summed E-state index contributed by atoms with van der Waals surface area (Å²) < 4.78 is 31.7. The number of benzene rings is 1. The highest BCUT2D eigenvalue weighted by molar-refractivity contribution is 7.89. The number of oxime groups is 1. The molecule has 1 unspecified atom stereocenters. The highest BCUT2D eigenvalue weighted by Gasteiger charge is 2.24. The molecule has 1 rings (SSSR count). The van der Waals surface area contributed by atoms with Crippen LogP contribution in [-0.4, -0.2) is 50.5 Å². The van der Waals surface area contributed by atoms with Gasteiger partial charge in [0.1, 0.15) is 18.4 Å². The number of hydrogen-bond donors (Lipinski definition) is 4. The summed E-state index contributed by atoms with van der Waals surface area (Å²) in [6.45, 7) is 2.55. The second-order valence-electron chi connectivity index (χ2n) is 6.08. The van der Waals surface area contributed by atoms with E-state index >= 15 is 0 Å². The molecule has 0 bridgehead atoms. The zero-order valence-corrected chi connectivity index (χ0v) is 16.7. The van der Waals surface area contributed by atoms with Gasteiger partial charge in [0.05, 0.1) is 12.4 Å². The van der Waals surface area contributed by atoms with Gasteiger partial charge in [0, 0.05) is 6.42 Å². The summed E-state index contributed by atoms with van der Waals surface area (Å²) in [5, 5.41) is 12.7. The number of sulfonamides is 1. The zero-order valence-electron chi connectivity index (χ0n) is 15.8. The average Bonchev–Trinajstić information content (AvgIpc) is 2.63. The molecule has 0 saturated carbocycles. The minimum Gasteiger partial charge on any atom is -0.493 e. The van der Waals surface area contributed by atoms with Crippen molar-refractivity contribution in [2.45, 2.75) is 38.6 Å².